The molecule has 0 bridgehead atoms. The van der Waals surface area contributed by atoms with Crippen LogP contribution in [0.3, 0.4) is 0 Å². The second-order valence-electron chi connectivity index (χ2n) is 3.79. The monoisotopic (exact) mass is 266 g/mol. The van der Waals surface area contributed by atoms with Gasteiger partial charge < -0.3 is 27.2 Å². The van der Waals surface area contributed by atoms with Crippen LogP contribution in [0.5, 0.6) is 5.75 Å². The summed E-state index contributed by atoms with van der Waals surface area (Å²) in [6.45, 7) is 1.18. The number of hydrogen-bond donors (Lipinski definition) is 5. The van der Waals surface area contributed by atoms with Gasteiger partial charge in [-0.2, -0.15) is 0 Å². The molecule has 1 rings (SSSR count). The number of carbonyl (C=O) groups excluding carboxylic acids is 2. The van der Waals surface area contributed by atoms with E-state index in [9.17, 15) is 14.7 Å². The van der Waals surface area contributed by atoms with Crippen LogP contribution in [0.4, 0.5) is 0 Å². The molecular weight excluding hydrogens is 248 g/mol. The number of aromatic hydroxyl groups is 1. The standard InChI is InChI=1S/C12H18N4O3/c13-4-6-15-11(18)8-2-1-3-9(10(8)17)12(19)16-7-5-14/h1-3,17H,4-7,13-14H2,(H,15,18)(H,16,19). The van der Waals surface area contributed by atoms with Gasteiger partial charge in [-0.15, -0.1) is 0 Å². The molecule has 0 fully saturated rings. The number of phenolic OH excluding ortho intramolecular Hbond substituents is 1. The summed E-state index contributed by atoms with van der Waals surface area (Å²) in [5.41, 5.74) is 10.6. The summed E-state index contributed by atoms with van der Waals surface area (Å²) in [4.78, 5) is 23.5. The molecule has 7 nitrogen and oxygen atoms in total. The number of phenols is 1. The summed E-state index contributed by atoms with van der Waals surface area (Å²) in [5, 5.41) is 15.0. The number of benzene rings is 1. The predicted molar refractivity (Wildman–Crippen MR) is 70.9 cm³/mol. The highest BCUT2D eigenvalue weighted by molar-refractivity contribution is 6.03. The molecule has 7 heteroatoms. The van der Waals surface area contributed by atoms with E-state index in [0.29, 0.717) is 26.2 Å². The largest absolute Gasteiger partial charge is 0.506 e. The molecule has 0 saturated carbocycles. The first-order valence-electron chi connectivity index (χ1n) is 5.90. The third kappa shape index (κ3) is 3.94. The molecule has 1 aromatic rings. The van der Waals surface area contributed by atoms with Gasteiger partial charge in [0.1, 0.15) is 5.75 Å². The molecule has 0 aliphatic heterocycles. The molecule has 2 amide bonds. The minimum absolute atomic E-state index is 0.0360. The fourth-order valence-electron chi connectivity index (χ4n) is 1.47. The first-order valence-corrected chi connectivity index (χ1v) is 5.90. The molecule has 0 atom stereocenters. The zero-order chi connectivity index (χ0) is 14.3. The van der Waals surface area contributed by atoms with Gasteiger partial charge >= 0.3 is 0 Å². The Kier molecular flexibility index (Phi) is 5.77. The van der Waals surface area contributed by atoms with Crippen LogP contribution in [0.2, 0.25) is 0 Å². The highest BCUT2D eigenvalue weighted by atomic mass is 16.3. The maximum absolute atomic E-state index is 11.7. The number of nitrogens with one attached hydrogen (secondary N) is 2. The van der Waals surface area contributed by atoms with Gasteiger partial charge in [0.2, 0.25) is 0 Å². The summed E-state index contributed by atoms with van der Waals surface area (Å²) in [5.74, 6) is -1.31. The van der Waals surface area contributed by atoms with Gasteiger partial charge in [-0.05, 0) is 12.1 Å². The molecule has 7 N–H and O–H groups in total. The van der Waals surface area contributed by atoms with Crippen molar-refractivity contribution in [2.45, 2.75) is 0 Å². The topological polar surface area (TPSA) is 130 Å². The van der Waals surface area contributed by atoms with Gasteiger partial charge in [0.05, 0.1) is 11.1 Å². The van der Waals surface area contributed by atoms with Crippen LogP contribution in [0, 0.1) is 0 Å². The van der Waals surface area contributed by atoms with Gasteiger partial charge in [0.25, 0.3) is 11.8 Å². The highest BCUT2D eigenvalue weighted by Crippen LogP contribution is 2.22. The van der Waals surface area contributed by atoms with Crippen LogP contribution in [0.25, 0.3) is 0 Å². The lowest BCUT2D eigenvalue weighted by atomic mass is 10.1. The van der Waals surface area contributed by atoms with Gasteiger partial charge in [-0.3, -0.25) is 9.59 Å². The number of hydrogen-bond acceptors (Lipinski definition) is 5. The molecule has 0 spiro atoms. The maximum atomic E-state index is 11.7. The average molecular weight is 266 g/mol. The molecule has 0 aliphatic rings. The van der Waals surface area contributed by atoms with Crippen LogP contribution in [0.1, 0.15) is 20.7 Å². The smallest absolute Gasteiger partial charge is 0.255 e. The second-order valence-corrected chi connectivity index (χ2v) is 3.79. The number of para-hydroxylation sites is 1. The van der Waals surface area contributed by atoms with E-state index in [2.05, 4.69) is 10.6 Å². The molecule has 0 aromatic heterocycles. The third-order valence-corrected chi connectivity index (χ3v) is 2.39. The van der Waals surface area contributed by atoms with Crippen molar-refractivity contribution in [3.63, 3.8) is 0 Å². The molecule has 0 saturated heterocycles. The third-order valence-electron chi connectivity index (χ3n) is 2.39. The van der Waals surface area contributed by atoms with E-state index in [1.165, 1.54) is 18.2 Å². The minimum Gasteiger partial charge on any atom is -0.506 e. The average Bonchev–Trinajstić information content (AvgIpc) is 2.42. The Morgan fingerprint density at radius 3 is 1.79 bits per heavy atom. The summed E-state index contributed by atoms with van der Waals surface area (Å²) in [6.07, 6.45) is 0. The first kappa shape index (κ1) is 14.9. The fraction of sp³-hybridized carbons (Fsp3) is 0.333. The Morgan fingerprint density at radius 2 is 1.42 bits per heavy atom. The summed E-state index contributed by atoms with van der Waals surface area (Å²) < 4.78 is 0. The van der Waals surface area contributed by atoms with Crippen molar-refractivity contribution in [2.24, 2.45) is 11.5 Å². The van der Waals surface area contributed by atoms with E-state index in [0.717, 1.165) is 0 Å². The number of amides is 2. The normalized spacial score (nSPS) is 10.0. The van der Waals surface area contributed by atoms with Crippen LogP contribution < -0.4 is 22.1 Å². The fourth-order valence-corrected chi connectivity index (χ4v) is 1.47. The van der Waals surface area contributed by atoms with Crippen LogP contribution in [-0.2, 0) is 0 Å². The molecule has 0 radical (unpaired) electrons. The van der Waals surface area contributed by atoms with Crippen molar-refractivity contribution in [3.8, 4) is 5.75 Å². The first-order chi connectivity index (χ1) is 9.11. The Morgan fingerprint density at radius 1 is 1.00 bits per heavy atom. The van der Waals surface area contributed by atoms with Gasteiger partial charge in [-0.25, -0.2) is 0 Å². The number of carbonyl (C=O) groups is 2. The van der Waals surface area contributed by atoms with Gasteiger partial charge in [0, 0.05) is 26.2 Å². The van der Waals surface area contributed by atoms with Crippen molar-refractivity contribution in [1.82, 2.24) is 10.6 Å². The van der Waals surface area contributed by atoms with Crippen molar-refractivity contribution >= 4 is 11.8 Å². The van der Waals surface area contributed by atoms with Crippen LogP contribution in [0.15, 0.2) is 18.2 Å². The molecule has 0 aliphatic carbocycles. The van der Waals surface area contributed by atoms with E-state index in [-0.39, 0.29) is 16.9 Å². The van der Waals surface area contributed by atoms with E-state index >= 15 is 0 Å². The predicted octanol–water partition coefficient (Wildman–Crippen LogP) is -1.23. The maximum Gasteiger partial charge on any atom is 0.255 e. The SMILES string of the molecule is NCCNC(=O)c1cccc(C(=O)NCCN)c1O. The summed E-state index contributed by atoms with van der Waals surface area (Å²) >= 11 is 0. The zero-order valence-electron chi connectivity index (χ0n) is 10.5. The quantitative estimate of drug-likeness (QED) is 0.440. The van der Waals surface area contributed by atoms with Crippen LogP contribution >= 0.6 is 0 Å². The van der Waals surface area contributed by atoms with E-state index in [1.807, 2.05) is 0 Å². The summed E-state index contributed by atoms with van der Waals surface area (Å²) in [7, 11) is 0. The lowest BCUT2D eigenvalue weighted by Crippen LogP contribution is -2.31. The second kappa shape index (κ2) is 7.34. The lowest BCUT2D eigenvalue weighted by molar-refractivity contribution is 0.0950. The van der Waals surface area contributed by atoms with Crippen molar-refractivity contribution in [1.29, 1.82) is 0 Å². The molecule has 1 aromatic carbocycles. The van der Waals surface area contributed by atoms with Crippen molar-refractivity contribution in [2.75, 3.05) is 26.2 Å². The number of nitrogens with two attached hydrogens (primary N) is 2. The Bertz CT molecular complexity index is 424. The highest BCUT2D eigenvalue weighted by Gasteiger charge is 2.17. The van der Waals surface area contributed by atoms with E-state index in [4.69, 9.17) is 11.5 Å². The molecule has 104 valence electrons. The van der Waals surface area contributed by atoms with Gasteiger partial charge in [0.15, 0.2) is 0 Å². The molecular formula is C12H18N4O3. The molecule has 0 heterocycles. The van der Waals surface area contributed by atoms with Gasteiger partial charge in [-0.1, -0.05) is 6.07 Å². The van der Waals surface area contributed by atoms with Crippen molar-refractivity contribution in [3.05, 3.63) is 29.3 Å². The molecule has 19 heavy (non-hydrogen) atoms. The van der Waals surface area contributed by atoms with E-state index in [1.54, 1.807) is 0 Å². The van der Waals surface area contributed by atoms with Crippen molar-refractivity contribution < 1.29 is 14.7 Å². The van der Waals surface area contributed by atoms with E-state index < -0.39 is 11.8 Å². The van der Waals surface area contributed by atoms with Crippen LogP contribution in [-0.4, -0.2) is 43.1 Å². The Labute approximate surface area is 111 Å². The number of rotatable bonds is 6. The molecule has 0 unspecified atom stereocenters. The zero-order valence-corrected chi connectivity index (χ0v) is 10.5. The minimum atomic E-state index is -0.476. The summed E-state index contributed by atoms with van der Waals surface area (Å²) in [6, 6.07) is 4.39. The Balaban J connectivity index is 2.91. The lowest BCUT2D eigenvalue weighted by Gasteiger charge is -2.10. The Hall–Kier alpha value is -2.12.